The van der Waals surface area contributed by atoms with Crippen molar-refractivity contribution < 1.29 is 21.6 Å². The fourth-order valence-corrected chi connectivity index (χ4v) is 4.66. The molecule has 0 saturated heterocycles. The highest BCUT2D eigenvalue weighted by Crippen LogP contribution is 2.31. The second kappa shape index (κ2) is 7.88. The van der Waals surface area contributed by atoms with E-state index in [1.54, 1.807) is 30.3 Å². The van der Waals surface area contributed by atoms with Crippen LogP contribution in [0.5, 0.6) is 5.75 Å². The van der Waals surface area contributed by atoms with Gasteiger partial charge >= 0.3 is 0 Å². The van der Waals surface area contributed by atoms with Crippen molar-refractivity contribution in [1.82, 2.24) is 4.72 Å². The lowest BCUT2D eigenvalue weighted by Gasteiger charge is -2.13. The van der Waals surface area contributed by atoms with Crippen molar-refractivity contribution in [3.63, 3.8) is 0 Å². The van der Waals surface area contributed by atoms with Crippen LogP contribution in [0.3, 0.4) is 0 Å². The number of fused-ring (bicyclic) bond motifs is 1. The van der Waals surface area contributed by atoms with Gasteiger partial charge in [-0.05, 0) is 36.8 Å². The predicted molar refractivity (Wildman–Crippen MR) is 107 cm³/mol. The van der Waals surface area contributed by atoms with Crippen LogP contribution in [0.25, 0.3) is 10.8 Å². The molecular formula is C19H20N2O5S2. The van der Waals surface area contributed by atoms with E-state index >= 15 is 0 Å². The third-order valence-electron chi connectivity index (χ3n) is 4.13. The first-order valence-corrected chi connectivity index (χ1v) is 11.5. The first kappa shape index (κ1) is 20.3. The summed E-state index contributed by atoms with van der Waals surface area (Å²) in [5.41, 5.74) is 0.477. The van der Waals surface area contributed by atoms with Gasteiger partial charge in [0.15, 0.2) is 0 Å². The van der Waals surface area contributed by atoms with Gasteiger partial charge in [0, 0.05) is 17.3 Å². The maximum Gasteiger partial charge on any atom is 0.241 e. The lowest BCUT2D eigenvalue weighted by atomic mass is 10.1. The standard InChI is InChI=1S/C19H20N2O5S2/c1-2-26-18-10-11-19(17-9-4-3-8-16(17)18)28(24,25)21-13-14-6-5-7-15(12-14)27(20,22)23/h3-12,21H,2,13H2,1H3,(H2,20,22,23). The van der Waals surface area contributed by atoms with Crippen molar-refractivity contribution in [2.75, 3.05) is 6.61 Å². The molecule has 0 unspecified atom stereocenters. The molecular weight excluding hydrogens is 400 g/mol. The second-order valence-electron chi connectivity index (χ2n) is 6.06. The molecule has 0 aromatic heterocycles. The molecule has 9 heteroatoms. The zero-order chi connectivity index (χ0) is 20.4. The molecule has 0 aliphatic rings. The summed E-state index contributed by atoms with van der Waals surface area (Å²) >= 11 is 0. The average Bonchev–Trinajstić information content (AvgIpc) is 2.66. The zero-order valence-corrected chi connectivity index (χ0v) is 16.8. The quantitative estimate of drug-likeness (QED) is 0.609. The molecule has 28 heavy (non-hydrogen) atoms. The highest BCUT2D eigenvalue weighted by Gasteiger charge is 2.19. The largest absolute Gasteiger partial charge is 0.493 e. The van der Waals surface area contributed by atoms with Crippen LogP contribution in [0.4, 0.5) is 0 Å². The molecule has 3 N–H and O–H groups in total. The number of nitrogens with two attached hydrogens (primary N) is 1. The lowest BCUT2D eigenvalue weighted by molar-refractivity contribution is 0.344. The summed E-state index contributed by atoms with van der Waals surface area (Å²) in [6, 6.07) is 16.0. The van der Waals surface area contributed by atoms with E-state index in [1.807, 2.05) is 13.0 Å². The SMILES string of the molecule is CCOc1ccc(S(=O)(=O)NCc2cccc(S(N)(=O)=O)c2)c2ccccc12. The summed E-state index contributed by atoms with van der Waals surface area (Å²) in [6.07, 6.45) is 0. The second-order valence-corrected chi connectivity index (χ2v) is 9.35. The Morgan fingerprint density at radius 1 is 0.929 bits per heavy atom. The minimum atomic E-state index is -3.86. The summed E-state index contributed by atoms with van der Waals surface area (Å²) in [4.78, 5) is 0.0462. The normalized spacial score (nSPS) is 12.2. The molecule has 0 fully saturated rings. The molecule has 3 aromatic carbocycles. The Morgan fingerprint density at radius 3 is 2.32 bits per heavy atom. The molecule has 0 aliphatic heterocycles. The first-order valence-electron chi connectivity index (χ1n) is 8.48. The Labute approximate surface area is 164 Å². The molecule has 3 rings (SSSR count). The molecule has 0 spiro atoms. The molecule has 148 valence electrons. The Balaban J connectivity index is 1.93. The number of rotatable bonds is 7. The first-order chi connectivity index (χ1) is 13.2. The molecule has 3 aromatic rings. The van der Waals surface area contributed by atoms with Crippen LogP contribution in [0.1, 0.15) is 12.5 Å². The van der Waals surface area contributed by atoms with Gasteiger partial charge in [-0.25, -0.2) is 26.7 Å². The lowest BCUT2D eigenvalue weighted by Crippen LogP contribution is -2.23. The van der Waals surface area contributed by atoms with Gasteiger partial charge < -0.3 is 4.74 Å². The van der Waals surface area contributed by atoms with Crippen LogP contribution in [0.2, 0.25) is 0 Å². The fourth-order valence-electron chi connectivity index (χ4n) is 2.85. The number of benzene rings is 3. The Kier molecular flexibility index (Phi) is 5.71. The van der Waals surface area contributed by atoms with Crippen LogP contribution in [-0.4, -0.2) is 23.4 Å². The smallest absolute Gasteiger partial charge is 0.241 e. The summed E-state index contributed by atoms with van der Waals surface area (Å²) < 4.78 is 56.8. The Hall–Kier alpha value is -2.46. The Bertz CT molecular complexity index is 1220. The Morgan fingerprint density at radius 2 is 1.64 bits per heavy atom. The predicted octanol–water partition coefficient (Wildman–Crippen LogP) is 2.36. The number of ether oxygens (including phenoxy) is 1. The van der Waals surface area contributed by atoms with Gasteiger partial charge in [0.2, 0.25) is 20.0 Å². The minimum Gasteiger partial charge on any atom is -0.493 e. The van der Waals surface area contributed by atoms with Crippen LogP contribution < -0.4 is 14.6 Å². The van der Waals surface area contributed by atoms with E-state index in [0.717, 1.165) is 0 Å². The molecule has 0 saturated carbocycles. The van der Waals surface area contributed by atoms with E-state index in [2.05, 4.69) is 4.72 Å². The van der Waals surface area contributed by atoms with Crippen LogP contribution in [0.15, 0.2) is 70.5 Å². The van der Waals surface area contributed by atoms with Gasteiger partial charge in [-0.3, -0.25) is 0 Å². The highest BCUT2D eigenvalue weighted by atomic mass is 32.2. The molecule has 0 bridgehead atoms. The van der Waals surface area contributed by atoms with Crippen LogP contribution in [0, 0.1) is 0 Å². The monoisotopic (exact) mass is 420 g/mol. The maximum absolute atomic E-state index is 12.9. The van der Waals surface area contributed by atoms with Gasteiger partial charge in [-0.2, -0.15) is 0 Å². The van der Waals surface area contributed by atoms with Gasteiger partial charge in [0.25, 0.3) is 0 Å². The van der Waals surface area contributed by atoms with Gasteiger partial charge in [-0.15, -0.1) is 0 Å². The molecule has 0 radical (unpaired) electrons. The summed E-state index contributed by atoms with van der Waals surface area (Å²) in [5, 5.41) is 6.36. The summed E-state index contributed by atoms with van der Waals surface area (Å²) in [6.45, 7) is 2.25. The zero-order valence-electron chi connectivity index (χ0n) is 15.1. The molecule has 0 aliphatic carbocycles. The van der Waals surface area contributed by atoms with E-state index < -0.39 is 20.0 Å². The van der Waals surface area contributed by atoms with Crippen molar-refractivity contribution in [3.05, 3.63) is 66.2 Å². The molecule has 0 atom stereocenters. The van der Waals surface area contributed by atoms with E-state index in [-0.39, 0.29) is 16.3 Å². The van der Waals surface area contributed by atoms with Crippen molar-refractivity contribution in [1.29, 1.82) is 0 Å². The maximum atomic E-state index is 12.9. The van der Waals surface area contributed by atoms with Crippen molar-refractivity contribution >= 4 is 30.8 Å². The van der Waals surface area contributed by atoms with E-state index in [4.69, 9.17) is 9.88 Å². The molecule has 0 amide bonds. The number of hydrogen-bond donors (Lipinski definition) is 2. The van der Waals surface area contributed by atoms with E-state index in [1.165, 1.54) is 24.3 Å². The number of sulfonamides is 2. The van der Waals surface area contributed by atoms with Crippen molar-refractivity contribution in [3.8, 4) is 5.75 Å². The highest BCUT2D eigenvalue weighted by molar-refractivity contribution is 7.89. The topological polar surface area (TPSA) is 116 Å². The third kappa shape index (κ3) is 4.33. The van der Waals surface area contributed by atoms with Gasteiger partial charge in [-0.1, -0.05) is 36.4 Å². The van der Waals surface area contributed by atoms with Gasteiger partial charge in [0.05, 0.1) is 16.4 Å². The summed E-state index contributed by atoms with van der Waals surface area (Å²) in [7, 11) is -7.71. The van der Waals surface area contributed by atoms with E-state index in [9.17, 15) is 16.8 Å². The average molecular weight is 421 g/mol. The number of hydrogen-bond acceptors (Lipinski definition) is 5. The fraction of sp³-hybridized carbons (Fsp3) is 0.158. The number of primary sulfonamides is 1. The van der Waals surface area contributed by atoms with Crippen molar-refractivity contribution in [2.24, 2.45) is 5.14 Å². The molecule has 0 heterocycles. The van der Waals surface area contributed by atoms with Gasteiger partial charge in [0.1, 0.15) is 5.75 Å². The molecule has 7 nitrogen and oxygen atoms in total. The summed E-state index contributed by atoms with van der Waals surface area (Å²) in [5.74, 6) is 0.609. The van der Waals surface area contributed by atoms with Crippen LogP contribution >= 0.6 is 0 Å². The third-order valence-corrected chi connectivity index (χ3v) is 6.50. The number of nitrogens with one attached hydrogen (secondary N) is 1. The van der Waals surface area contributed by atoms with Crippen LogP contribution in [-0.2, 0) is 26.6 Å². The minimum absolute atomic E-state index is 0.0734. The van der Waals surface area contributed by atoms with Crippen molar-refractivity contribution in [2.45, 2.75) is 23.3 Å². The van der Waals surface area contributed by atoms with E-state index in [0.29, 0.717) is 28.7 Å².